The number of Topliss-reactive ketones (excluding diaryl/α,β-unsaturated/α-hetero) is 1. The molecule has 1 heterocycles. The summed E-state index contributed by atoms with van der Waals surface area (Å²) >= 11 is 5.86. The summed E-state index contributed by atoms with van der Waals surface area (Å²) in [7, 11) is 0. The number of aryl methyl sites for hydroxylation is 1. The molecule has 0 saturated carbocycles. The molecule has 0 saturated heterocycles. The zero-order valence-electron chi connectivity index (χ0n) is 11.9. The molecule has 108 valence electrons. The first-order valence-corrected chi connectivity index (χ1v) is 6.87. The molecule has 0 N–H and O–H groups in total. The van der Waals surface area contributed by atoms with Gasteiger partial charge in [-0.1, -0.05) is 0 Å². The fraction of sp³-hybridized carbons (Fsp3) is 0.250. The van der Waals surface area contributed by atoms with Crippen LogP contribution >= 0.6 is 11.6 Å². The van der Waals surface area contributed by atoms with Gasteiger partial charge in [-0.15, -0.1) is 11.6 Å². The van der Waals surface area contributed by atoms with Crippen LogP contribution in [-0.2, 0) is 0 Å². The third-order valence-corrected chi connectivity index (χ3v) is 3.58. The van der Waals surface area contributed by atoms with E-state index in [1.54, 1.807) is 26.0 Å². The molecule has 2 rings (SSSR count). The lowest BCUT2D eigenvalue weighted by molar-refractivity contribution is 0.0991. The number of benzene rings is 1. The zero-order chi connectivity index (χ0) is 15.7. The molecular weight excluding hydrogens is 291 g/mol. The summed E-state index contributed by atoms with van der Waals surface area (Å²) in [5.41, 5.74) is 2.70. The van der Waals surface area contributed by atoms with Gasteiger partial charge in [-0.05, 0) is 45.0 Å². The number of hydrogen-bond acceptors (Lipinski definition) is 2. The Morgan fingerprint density at radius 3 is 2.62 bits per heavy atom. The smallest absolute Gasteiger partial charge is 0.182 e. The Hall–Kier alpha value is -2.12. The maximum Gasteiger partial charge on any atom is 0.182 e. The van der Waals surface area contributed by atoms with E-state index in [0.29, 0.717) is 11.3 Å². The van der Waals surface area contributed by atoms with Crippen molar-refractivity contribution >= 4 is 17.4 Å². The number of nitrogens with zero attached hydrogens (tertiary/aromatic N) is 2. The highest BCUT2D eigenvalue weighted by molar-refractivity contribution is 6.33. The molecule has 21 heavy (non-hydrogen) atoms. The Morgan fingerprint density at radius 2 is 2.05 bits per heavy atom. The summed E-state index contributed by atoms with van der Waals surface area (Å²) < 4.78 is 15.2. The van der Waals surface area contributed by atoms with Crippen LogP contribution in [0.5, 0.6) is 0 Å². The van der Waals surface area contributed by atoms with Gasteiger partial charge in [0.05, 0.1) is 10.9 Å². The molecule has 0 radical (unpaired) electrons. The minimum atomic E-state index is -0.609. The lowest BCUT2D eigenvalue weighted by atomic mass is 10.1. The topological polar surface area (TPSA) is 45.8 Å². The van der Waals surface area contributed by atoms with E-state index in [4.69, 9.17) is 16.9 Å². The van der Waals surface area contributed by atoms with Crippen LogP contribution in [0, 0.1) is 31.0 Å². The molecule has 0 amide bonds. The summed E-state index contributed by atoms with van der Waals surface area (Å²) in [6.45, 7) is 5.27. The zero-order valence-corrected chi connectivity index (χ0v) is 12.7. The fourth-order valence-electron chi connectivity index (χ4n) is 2.36. The standard InChI is InChI=1S/C16H14ClFN2O/c1-9-6-14(16(21)10(2)17)11(3)20(9)13-4-5-15(18)12(7-13)8-19/h4-7,10H,1-3H3. The second-order valence-electron chi connectivity index (χ2n) is 4.88. The quantitative estimate of drug-likeness (QED) is 0.637. The van der Waals surface area contributed by atoms with E-state index in [1.807, 2.05) is 17.6 Å². The van der Waals surface area contributed by atoms with Gasteiger partial charge < -0.3 is 4.57 Å². The van der Waals surface area contributed by atoms with Crippen LogP contribution in [0.4, 0.5) is 4.39 Å². The first-order chi connectivity index (χ1) is 9.86. The van der Waals surface area contributed by atoms with Gasteiger partial charge in [-0.25, -0.2) is 4.39 Å². The van der Waals surface area contributed by atoms with E-state index < -0.39 is 11.2 Å². The molecule has 0 spiro atoms. The Morgan fingerprint density at radius 1 is 1.38 bits per heavy atom. The van der Waals surface area contributed by atoms with Gasteiger partial charge in [0.15, 0.2) is 5.78 Å². The minimum absolute atomic E-state index is 0.0291. The predicted molar refractivity (Wildman–Crippen MR) is 79.6 cm³/mol. The van der Waals surface area contributed by atoms with Crippen LogP contribution in [0.3, 0.4) is 0 Å². The van der Waals surface area contributed by atoms with Crippen molar-refractivity contribution in [2.24, 2.45) is 0 Å². The van der Waals surface area contributed by atoms with Gasteiger partial charge in [-0.2, -0.15) is 5.26 Å². The number of rotatable bonds is 3. The molecule has 1 atom stereocenters. The van der Waals surface area contributed by atoms with E-state index in [2.05, 4.69) is 0 Å². The van der Waals surface area contributed by atoms with Gasteiger partial charge in [0.2, 0.25) is 0 Å². The number of nitriles is 1. The minimum Gasteiger partial charge on any atom is -0.318 e. The summed E-state index contributed by atoms with van der Waals surface area (Å²) in [6.07, 6.45) is 0. The number of ketones is 1. The van der Waals surface area contributed by atoms with Crippen molar-refractivity contribution < 1.29 is 9.18 Å². The van der Waals surface area contributed by atoms with Crippen molar-refractivity contribution in [2.75, 3.05) is 0 Å². The van der Waals surface area contributed by atoms with Gasteiger partial charge in [0.1, 0.15) is 11.9 Å². The van der Waals surface area contributed by atoms with Crippen molar-refractivity contribution in [3.8, 4) is 11.8 Å². The summed E-state index contributed by atoms with van der Waals surface area (Å²) in [5.74, 6) is -0.715. The van der Waals surface area contributed by atoms with Gasteiger partial charge in [0, 0.05) is 22.6 Å². The van der Waals surface area contributed by atoms with E-state index in [0.717, 1.165) is 11.4 Å². The van der Waals surface area contributed by atoms with Crippen LogP contribution in [0.25, 0.3) is 5.69 Å². The van der Waals surface area contributed by atoms with E-state index in [-0.39, 0.29) is 11.3 Å². The second kappa shape index (κ2) is 5.71. The second-order valence-corrected chi connectivity index (χ2v) is 5.53. The van der Waals surface area contributed by atoms with Crippen molar-refractivity contribution in [3.63, 3.8) is 0 Å². The summed E-state index contributed by atoms with van der Waals surface area (Å²) in [6, 6.07) is 7.86. The highest BCUT2D eigenvalue weighted by atomic mass is 35.5. The van der Waals surface area contributed by atoms with Gasteiger partial charge >= 0.3 is 0 Å². The molecular formula is C16H14ClFN2O. The third-order valence-electron chi connectivity index (χ3n) is 3.39. The molecule has 0 aliphatic carbocycles. The molecule has 0 fully saturated rings. The number of carbonyl (C=O) groups excluding carboxylic acids is 1. The largest absolute Gasteiger partial charge is 0.318 e. The van der Waals surface area contributed by atoms with Crippen molar-refractivity contribution in [1.82, 2.24) is 4.57 Å². The van der Waals surface area contributed by atoms with Crippen LogP contribution in [0.1, 0.15) is 34.2 Å². The lowest BCUT2D eigenvalue weighted by Gasteiger charge is -2.11. The first kappa shape index (κ1) is 15.3. The number of aromatic nitrogens is 1. The molecule has 1 unspecified atom stereocenters. The van der Waals surface area contributed by atoms with Crippen LogP contribution in [0.15, 0.2) is 24.3 Å². The Kier molecular flexibility index (Phi) is 4.15. The Bertz CT molecular complexity index is 756. The molecule has 1 aromatic carbocycles. The van der Waals surface area contributed by atoms with Crippen molar-refractivity contribution in [3.05, 3.63) is 52.6 Å². The van der Waals surface area contributed by atoms with Gasteiger partial charge in [0.25, 0.3) is 0 Å². The third kappa shape index (κ3) is 2.70. The summed E-state index contributed by atoms with van der Waals surface area (Å²) in [5, 5.41) is 8.31. The normalized spacial score (nSPS) is 12.0. The van der Waals surface area contributed by atoms with E-state index in [1.165, 1.54) is 12.1 Å². The van der Waals surface area contributed by atoms with E-state index in [9.17, 15) is 9.18 Å². The van der Waals surface area contributed by atoms with Crippen molar-refractivity contribution in [1.29, 1.82) is 5.26 Å². The fourth-order valence-corrected chi connectivity index (χ4v) is 2.48. The highest BCUT2D eigenvalue weighted by Crippen LogP contribution is 2.24. The molecule has 0 aliphatic heterocycles. The van der Waals surface area contributed by atoms with Crippen LogP contribution in [0.2, 0.25) is 0 Å². The van der Waals surface area contributed by atoms with Crippen LogP contribution < -0.4 is 0 Å². The highest BCUT2D eigenvalue weighted by Gasteiger charge is 2.20. The number of carbonyl (C=O) groups is 1. The van der Waals surface area contributed by atoms with Gasteiger partial charge in [-0.3, -0.25) is 4.79 Å². The predicted octanol–water partition coefficient (Wildman–Crippen LogP) is 3.91. The van der Waals surface area contributed by atoms with E-state index >= 15 is 0 Å². The monoisotopic (exact) mass is 304 g/mol. The Balaban J connectivity index is 2.61. The maximum absolute atomic E-state index is 13.4. The maximum atomic E-state index is 13.4. The average Bonchev–Trinajstić information content (AvgIpc) is 2.74. The SMILES string of the molecule is Cc1cc(C(=O)C(C)Cl)c(C)n1-c1ccc(F)c(C#N)c1. The van der Waals surface area contributed by atoms with Crippen LogP contribution in [-0.4, -0.2) is 15.7 Å². The molecule has 0 bridgehead atoms. The molecule has 2 aromatic rings. The molecule has 1 aromatic heterocycles. The average molecular weight is 305 g/mol. The Labute approximate surface area is 127 Å². The lowest BCUT2D eigenvalue weighted by Crippen LogP contribution is -2.11. The number of halogens is 2. The molecule has 5 heteroatoms. The number of hydrogen-bond donors (Lipinski definition) is 0. The first-order valence-electron chi connectivity index (χ1n) is 6.44. The van der Waals surface area contributed by atoms with Crippen molar-refractivity contribution in [2.45, 2.75) is 26.1 Å². The molecule has 3 nitrogen and oxygen atoms in total. The number of alkyl halides is 1. The summed E-state index contributed by atoms with van der Waals surface area (Å²) in [4.78, 5) is 12.1. The molecule has 0 aliphatic rings.